The van der Waals surface area contributed by atoms with E-state index in [1.54, 1.807) is 6.07 Å². The maximum absolute atomic E-state index is 14.8. The molecule has 26 heavy (non-hydrogen) atoms. The first-order valence-corrected chi connectivity index (χ1v) is 10.6. The summed E-state index contributed by atoms with van der Waals surface area (Å²) in [6.07, 6.45) is 11.3. The van der Waals surface area contributed by atoms with Gasteiger partial charge in [0.05, 0.1) is 0 Å². The van der Waals surface area contributed by atoms with Gasteiger partial charge in [0, 0.05) is 5.56 Å². The minimum atomic E-state index is -0.0705. The Morgan fingerprint density at radius 3 is 2.23 bits per heavy atom. The maximum atomic E-state index is 14.8. The van der Waals surface area contributed by atoms with Gasteiger partial charge < -0.3 is 0 Å². The Labute approximate surface area is 158 Å². The quantitative estimate of drug-likeness (QED) is 0.475. The molecule has 1 aliphatic rings. The van der Waals surface area contributed by atoms with Crippen LogP contribution in [0, 0.1) is 11.7 Å². The van der Waals surface area contributed by atoms with Crippen LogP contribution < -0.4 is 0 Å². The van der Waals surface area contributed by atoms with E-state index in [0.29, 0.717) is 5.92 Å². The van der Waals surface area contributed by atoms with Gasteiger partial charge in [-0.05, 0) is 66.7 Å². The van der Waals surface area contributed by atoms with Crippen LogP contribution in [0.15, 0.2) is 42.5 Å². The lowest BCUT2D eigenvalue weighted by Gasteiger charge is -2.29. The number of halogens is 1. The van der Waals surface area contributed by atoms with Gasteiger partial charge in [0.15, 0.2) is 0 Å². The van der Waals surface area contributed by atoms with Crippen molar-refractivity contribution in [2.45, 2.75) is 77.6 Å². The zero-order valence-corrected chi connectivity index (χ0v) is 16.4. The van der Waals surface area contributed by atoms with Crippen molar-refractivity contribution in [3.8, 4) is 11.1 Å². The molecule has 140 valence electrons. The minimum absolute atomic E-state index is 0.0705. The van der Waals surface area contributed by atoms with E-state index in [1.165, 1.54) is 56.1 Å². The maximum Gasteiger partial charge on any atom is 0.131 e. The molecule has 3 rings (SSSR count). The molecule has 0 unspecified atom stereocenters. The van der Waals surface area contributed by atoms with Crippen molar-refractivity contribution in [2.75, 3.05) is 0 Å². The molecule has 0 N–H and O–H groups in total. The molecule has 1 aliphatic carbocycles. The number of unbranched alkanes of at least 4 members (excludes halogenated alkanes) is 1. The molecule has 1 heteroatoms. The second kappa shape index (κ2) is 9.35. The molecule has 2 aromatic carbocycles. The molecule has 0 nitrogen and oxygen atoms in total. The molecule has 0 spiro atoms. The molecule has 1 saturated carbocycles. The third-order valence-corrected chi connectivity index (χ3v) is 6.08. The van der Waals surface area contributed by atoms with E-state index in [1.807, 2.05) is 6.07 Å². The van der Waals surface area contributed by atoms with Crippen molar-refractivity contribution in [3.63, 3.8) is 0 Å². The Hall–Kier alpha value is -1.63. The molecule has 0 radical (unpaired) electrons. The predicted octanol–water partition coefficient (Wildman–Crippen LogP) is 7.91. The van der Waals surface area contributed by atoms with Gasteiger partial charge in [-0.25, -0.2) is 4.39 Å². The molecular formula is C25H33F. The normalized spacial score (nSPS) is 20.3. The lowest BCUT2D eigenvalue weighted by molar-refractivity contribution is 0.304. The van der Waals surface area contributed by atoms with Crippen LogP contribution in [0.25, 0.3) is 11.1 Å². The summed E-state index contributed by atoms with van der Waals surface area (Å²) in [6.45, 7) is 4.46. The Morgan fingerprint density at radius 2 is 1.62 bits per heavy atom. The van der Waals surface area contributed by atoms with Gasteiger partial charge in [-0.1, -0.05) is 75.9 Å². The van der Waals surface area contributed by atoms with Crippen molar-refractivity contribution >= 4 is 0 Å². The summed E-state index contributed by atoms with van der Waals surface area (Å²) in [5, 5.41) is 0. The largest absolute Gasteiger partial charge is 0.206 e. The van der Waals surface area contributed by atoms with Crippen LogP contribution >= 0.6 is 0 Å². The molecular weight excluding hydrogens is 319 g/mol. The number of rotatable bonds is 7. The monoisotopic (exact) mass is 352 g/mol. The van der Waals surface area contributed by atoms with Crippen LogP contribution in [0.1, 0.15) is 82.3 Å². The van der Waals surface area contributed by atoms with Crippen molar-refractivity contribution < 1.29 is 4.39 Å². The van der Waals surface area contributed by atoms with Gasteiger partial charge in [0.2, 0.25) is 0 Å². The summed E-state index contributed by atoms with van der Waals surface area (Å²) in [4.78, 5) is 0. The topological polar surface area (TPSA) is 0 Å². The molecule has 0 saturated heterocycles. The van der Waals surface area contributed by atoms with Crippen LogP contribution in [0.4, 0.5) is 4.39 Å². The van der Waals surface area contributed by atoms with Crippen molar-refractivity contribution in [3.05, 3.63) is 59.4 Å². The molecule has 0 heterocycles. The molecule has 2 aromatic rings. The number of aryl methyl sites for hydroxylation is 1. The van der Waals surface area contributed by atoms with E-state index in [9.17, 15) is 4.39 Å². The molecule has 0 atom stereocenters. The van der Waals surface area contributed by atoms with Gasteiger partial charge in [0.25, 0.3) is 0 Å². The van der Waals surface area contributed by atoms with Crippen molar-refractivity contribution in [2.24, 2.45) is 5.92 Å². The molecule has 0 bridgehead atoms. The van der Waals surface area contributed by atoms with Crippen LogP contribution in [-0.4, -0.2) is 0 Å². The van der Waals surface area contributed by atoms with Crippen LogP contribution in [0.2, 0.25) is 0 Å². The summed E-state index contributed by atoms with van der Waals surface area (Å²) in [6, 6.07) is 14.3. The Morgan fingerprint density at radius 1 is 0.885 bits per heavy atom. The SMILES string of the molecule is CCCCC1CCC(c2ccc(-c3ccc(CCC)cc3)c(F)c2)CC1. The van der Waals surface area contributed by atoms with E-state index in [-0.39, 0.29) is 5.82 Å². The first-order valence-electron chi connectivity index (χ1n) is 10.6. The average Bonchev–Trinajstić information content (AvgIpc) is 2.68. The molecule has 0 aliphatic heterocycles. The summed E-state index contributed by atoms with van der Waals surface area (Å²) in [7, 11) is 0. The first kappa shape index (κ1) is 19.1. The number of benzene rings is 2. The van der Waals surface area contributed by atoms with Gasteiger partial charge in [0.1, 0.15) is 5.82 Å². The standard InChI is InChI=1S/C25H33F/c1-3-5-7-20-8-12-21(13-9-20)23-16-17-24(25(26)18-23)22-14-10-19(6-4-2)11-15-22/h10-11,14-18,20-21H,3-9,12-13H2,1-2H3. The second-order valence-corrected chi connectivity index (χ2v) is 8.05. The van der Waals surface area contributed by atoms with E-state index < -0.39 is 0 Å². The average molecular weight is 353 g/mol. The second-order valence-electron chi connectivity index (χ2n) is 8.05. The lowest BCUT2D eigenvalue weighted by atomic mass is 9.77. The summed E-state index contributed by atoms with van der Waals surface area (Å²) in [5.41, 5.74) is 4.24. The summed E-state index contributed by atoms with van der Waals surface area (Å²) >= 11 is 0. The zero-order valence-electron chi connectivity index (χ0n) is 16.4. The highest BCUT2D eigenvalue weighted by Gasteiger charge is 2.22. The van der Waals surface area contributed by atoms with Gasteiger partial charge in [-0.15, -0.1) is 0 Å². The van der Waals surface area contributed by atoms with Gasteiger partial charge in [-0.2, -0.15) is 0 Å². The highest BCUT2D eigenvalue weighted by Crippen LogP contribution is 2.38. The molecule has 0 amide bonds. The van der Waals surface area contributed by atoms with E-state index in [0.717, 1.165) is 29.9 Å². The van der Waals surface area contributed by atoms with E-state index in [2.05, 4.69) is 44.2 Å². The highest BCUT2D eigenvalue weighted by molar-refractivity contribution is 5.65. The third-order valence-electron chi connectivity index (χ3n) is 6.08. The third kappa shape index (κ3) is 4.75. The first-order chi connectivity index (χ1) is 12.7. The molecule has 0 aromatic heterocycles. The Balaban J connectivity index is 1.66. The Kier molecular flexibility index (Phi) is 6.88. The van der Waals surface area contributed by atoms with Crippen LogP contribution in [-0.2, 0) is 6.42 Å². The van der Waals surface area contributed by atoms with Crippen molar-refractivity contribution in [1.82, 2.24) is 0 Å². The Bertz CT molecular complexity index is 678. The fourth-order valence-corrected chi connectivity index (χ4v) is 4.44. The van der Waals surface area contributed by atoms with Gasteiger partial charge >= 0.3 is 0 Å². The summed E-state index contributed by atoms with van der Waals surface area (Å²) in [5.74, 6) is 1.37. The van der Waals surface area contributed by atoms with Gasteiger partial charge in [-0.3, -0.25) is 0 Å². The van der Waals surface area contributed by atoms with Crippen LogP contribution in [0.3, 0.4) is 0 Å². The van der Waals surface area contributed by atoms with Crippen molar-refractivity contribution in [1.29, 1.82) is 0 Å². The predicted molar refractivity (Wildman–Crippen MR) is 110 cm³/mol. The fourth-order valence-electron chi connectivity index (χ4n) is 4.44. The summed E-state index contributed by atoms with van der Waals surface area (Å²) < 4.78 is 14.8. The van der Waals surface area contributed by atoms with Crippen LogP contribution in [0.5, 0.6) is 0 Å². The minimum Gasteiger partial charge on any atom is -0.206 e. The molecule has 1 fully saturated rings. The van der Waals surface area contributed by atoms with E-state index >= 15 is 0 Å². The lowest BCUT2D eigenvalue weighted by Crippen LogP contribution is -2.13. The number of hydrogen-bond donors (Lipinski definition) is 0. The highest BCUT2D eigenvalue weighted by atomic mass is 19.1. The van der Waals surface area contributed by atoms with E-state index in [4.69, 9.17) is 0 Å². The smallest absolute Gasteiger partial charge is 0.131 e. The fraction of sp³-hybridized carbons (Fsp3) is 0.520. The zero-order chi connectivity index (χ0) is 18.4. The number of hydrogen-bond acceptors (Lipinski definition) is 0.